The molecule has 2 aromatic carbocycles. The largest absolute Gasteiger partial charge is 0.465 e. The quantitative estimate of drug-likeness (QED) is 0.611. The molecule has 2 atom stereocenters. The van der Waals surface area contributed by atoms with Gasteiger partial charge in [0.1, 0.15) is 5.82 Å². The van der Waals surface area contributed by atoms with Crippen LogP contribution in [-0.4, -0.2) is 48.0 Å². The van der Waals surface area contributed by atoms with Crippen LogP contribution in [0.2, 0.25) is 0 Å². The molecule has 3 heterocycles. The molecular formula is C26H26N4O3. The van der Waals surface area contributed by atoms with Gasteiger partial charge in [0.15, 0.2) is 0 Å². The fraction of sp³-hybridized carbons (Fsp3) is 0.269. The number of fused-ring (bicyclic) bond motifs is 3. The number of aromatic nitrogens is 1. The zero-order valence-electron chi connectivity index (χ0n) is 18.5. The number of hydrogen-bond donors (Lipinski definition) is 1. The molecule has 1 fully saturated rings. The molecule has 1 aromatic heterocycles. The number of methoxy groups -OCH3 is 1. The molecule has 1 amide bonds. The molecule has 33 heavy (non-hydrogen) atoms. The summed E-state index contributed by atoms with van der Waals surface area (Å²) in [5, 5.41) is 0. The van der Waals surface area contributed by atoms with Gasteiger partial charge >= 0.3 is 5.97 Å². The molecule has 7 heteroatoms. The summed E-state index contributed by atoms with van der Waals surface area (Å²) >= 11 is 0. The number of nitrogens with zero attached hydrogens (tertiary/aromatic N) is 3. The maximum Gasteiger partial charge on any atom is 0.339 e. The van der Waals surface area contributed by atoms with Gasteiger partial charge in [-0.25, -0.2) is 9.78 Å². The Bertz CT molecular complexity index is 1180. The first-order valence-corrected chi connectivity index (χ1v) is 11.1. The first-order valence-electron chi connectivity index (χ1n) is 11.1. The van der Waals surface area contributed by atoms with E-state index in [2.05, 4.69) is 39.0 Å². The Hall–Kier alpha value is -3.71. The number of anilines is 1. The second-order valence-corrected chi connectivity index (χ2v) is 8.55. The van der Waals surface area contributed by atoms with Crippen molar-refractivity contribution in [2.24, 2.45) is 5.73 Å². The average molecular weight is 443 g/mol. The molecule has 0 saturated carbocycles. The van der Waals surface area contributed by atoms with Crippen molar-refractivity contribution >= 4 is 17.7 Å². The van der Waals surface area contributed by atoms with Crippen LogP contribution in [0.3, 0.4) is 0 Å². The molecule has 7 nitrogen and oxygen atoms in total. The van der Waals surface area contributed by atoms with E-state index in [1.165, 1.54) is 12.7 Å². The van der Waals surface area contributed by atoms with Gasteiger partial charge in [0.05, 0.1) is 24.8 Å². The highest BCUT2D eigenvalue weighted by molar-refractivity contribution is 5.92. The lowest BCUT2D eigenvalue weighted by atomic mass is 9.91. The number of carbonyl (C=O) groups is 2. The van der Waals surface area contributed by atoms with Crippen molar-refractivity contribution in [3.63, 3.8) is 0 Å². The number of rotatable bonds is 5. The summed E-state index contributed by atoms with van der Waals surface area (Å²) < 4.78 is 4.88. The van der Waals surface area contributed by atoms with E-state index in [1.54, 1.807) is 18.3 Å². The molecule has 2 N–H and O–H groups in total. The van der Waals surface area contributed by atoms with Crippen LogP contribution in [0.1, 0.15) is 43.4 Å². The van der Waals surface area contributed by atoms with E-state index in [4.69, 9.17) is 10.5 Å². The Morgan fingerprint density at radius 1 is 1.06 bits per heavy atom. The Morgan fingerprint density at radius 2 is 1.82 bits per heavy atom. The highest BCUT2D eigenvalue weighted by atomic mass is 16.5. The van der Waals surface area contributed by atoms with Crippen LogP contribution in [0.25, 0.3) is 0 Å². The molecule has 168 valence electrons. The van der Waals surface area contributed by atoms with Crippen LogP contribution >= 0.6 is 0 Å². The van der Waals surface area contributed by atoms with Gasteiger partial charge in [0.25, 0.3) is 0 Å². The van der Waals surface area contributed by atoms with E-state index < -0.39 is 5.91 Å². The molecule has 1 saturated heterocycles. The Morgan fingerprint density at radius 3 is 2.52 bits per heavy atom. The number of ether oxygens (including phenoxy) is 1. The molecule has 0 radical (unpaired) electrons. The topological polar surface area (TPSA) is 88.8 Å². The van der Waals surface area contributed by atoms with Crippen molar-refractivity contribution in [1.29, 1.82) is 0 Å². The van der Waals surface area contributed by atoms with E-state index in [-0.39, 0.29) is 18.1 Å². The minimum Gasteiger partial charge on any atom is -0.465 e. The first-order chi connectivity index (χ1) is 16.0. The van der Waals surface area contributed by atoms with Crippen LogP contribution < -0.4 is 10.6 Å². The van der Waals surface area contributed by atoms with E-state index in [1.807, 2.05) is 24.3 Å². The lowest BCUT2D eigenvalue weighted by Crippen LogP contribution is -2.53. The van der Waals surface area contributed by atoms with Crippen molar-refractivity contribution in [2.45, 2.75) is 25.0 Å². The molecule has 0 bridgehead atoms. The predicted molar refractivity (Wildman–Crippen MR) is 125 cm³/mol. The number of benzene rings is 2. The van der Waals surface area contributed by atoms with Gasteiger partial charge < -0.3 is 15.4 Å². The predicted octanol–water partition coefficient (Wildman–Crippen LogP) is 2.96. The molecule has 0 aliphatic carbocycles. The molecule has 3 aromatic rings. The average Bonchev–Trinajstić information content (AvgIpc) is 3.22. The monoisotopic (exact) mass is 442 g/mol. The molecule has 2 aliphatic heterocycles. The molecule has 5 rings (SSSR count). The summed E-state index contributed by atoms with van der Waals surface area (Å²) in [5.74, 6) is 0.131. The smallest absolute Gasteiger partial charge is 0.339 e. The van der Waals surface area contributed by atoms with Crippen LogP contribution in [0.5, 0.6) is 0 Å². The normalized spacial score (nSPS) is 19.6. The summed E-state index contributed by atoms with van der Waals surface area (Å²) in [6.07, 6.45) is 2.38. The van der Waals surface area contributed by atoms with Gasteiger partial charge in [-0.2, -0.15) is 0 Å². The minimum absolute atomic E-state index is 0.0941. The molecule has 2 unspecified atom stereocenters. The van der Waals surface area contributed by atoms with Crippen molar-refractivity contribution in [1.82, 2.24) is 9.88 Å². The van der Waals surface area contributed by atoms with Crippen LogP contribution in [0.4, 0.5) is 5.82 Å². The van der Waals surface area contributed by atoms with Gasteiger partial charge in [-0.3, -0.25) is 9.69 Å². The fourth-order valence-electron chi connectivity index (χ4n) is 5.08. The van der Waals surface area contributed by atoms with E-state index in [9.17, 15) is 9.59 Å². The van der Waals surface area contributed by atoms with Gasteiger partial charge in [0.2, 0.25) is 5.91 Å². The second kappa shape index (κ2) is 8.67. The van der Waals surface area contributed by atoms with Crippen molar-refractivity contribution in [3.8, 4) is 0 Å². The van der Waals surface area contributed by atoms with Crippen LogP contribution in [-0.2, 0) is 17.7 Å². The summed E-state index contributed by atoms with van der Waals surface area (Å²) in [7, 11) is 1.38. The number of esters is 1. The zero-order valence-corrected chi connectivity index (χ0v) is 18.5. The van der Waals surface area contributed by atoms with Crippen LogP contribution in [0, 0.1) is 0 Å². The van der Waals surface area contributed by atoms with Gasteiger partial charge in [-0.1, -0.05) is 42.5 Å². The maximum atomic E-state index is 12.0. The molecule has 2 aliphatic rings. The number of primary amides is 1. The Labute approximate surface area is 192 Å². The van der Waals surface area contributed by atoms with E-state index >= 15 is 0 Å². The van der Waals surface area contributed by atoms with Gasteiger partial charge in [-0.05, 0) is 41.3 Å². The highest BCUT2D eigenvalue weighted by Crippen LogP contribution is 2.42. The van der Waals surface area contributed by atoms with Gasteiger partial charge in [0, 0.05) is 31.4 Å². The summed E-state index contributed by atoms with van der Waals surface area (Å²) in [6, 6.07) is 20.2. The lowest BCUT2D eigenvalue weighted by molar-refractivity contribution is 0.0600. The van der Waals surface area contributed by atoms with Crippen molar-refractivity contribution < 1.29 is 14.3 Å². The SMILES string of the molecule is COC(=O)c1cnc2c(c1)CC1C(c3ccc(C(N)=O)cc3)N(Cc3ccccc3)CCN21. The van der Waals surface area contributed by atoms with Crippen molar-refractivity contribution in [2.75, 3.05) is 25.1 Å². The van der Waals surface area contributed by atoms with E-state index in [0.29, 0.717) is 11.1 Å². The fourth-order valence-corrected chi connectivity index (χ4v) is 5.08. The third-order valence-corrected chi connectivity index (χ3v) is 6.62. The van der Waals surface area contributed by atoms with E-state index in [0.717, 1.165) is 43.0 Å². The first kappa shape index (κ1) is 21.2. The number of amides is 1. The Balaban J connectivity index is 1.51. The number of piperazine rings is 1. The van der Waals surface area contributed by atoms with Crippen molar-refractivity contribution in [3.05, 3.63) is 94.7 Å². The Kier molecular flexibility index (Phi) is 5.56. The number of carbonyl (C=O) groups excluding carboxylic acids is 2. The molecular weight excluding hydrogens is 416 g/mol. The standard InChI is InChI=1S/C26H26N4O3/c1-33-26(32)21-13-20-14-22-23(18-7-9-19(10-8-18)24(27)31)29(16-17-5-3-2-4-6-17)11-12-30(22)25(20)28-15-21/h2-10,13,15,22-23H,11-12,14,16H2,1H3,(H2,27,31). The third-order valence-electron chi connectivity index (χ3n) is 6.62. The summed E-state index contributed by atoms with van der Waals surface area (Å²) in [5.41, 5.74) is 9.88. The number of nitrogens with two attached hydrogens (primary N) is 1. The summed E-state index contributed by atoms with van der Waals surface area (Å²) in [4.78, 5) is 33.1. The zero-order chi connectivity index (χ0) is 22.9. The summed E-state index contributed by atoms with van der Waals surface area (Å²) in [6.45, 7) is 2.54. The van der Waals surface area contributed by atoms with Gasteiger partial charge in [-0.15, -0.1) is 0 Å². The maximum absolute atomic E-state index is 12.0. The minimum atomic E-state index is -0.430. The third kappa shape index (κ3) is 3.96. The number of pyridine rings is 1. The molecule has 0 spiro atoms. The van der Waals surface area contributed by atoms with Crippen LogP contribution in [0.15, 0.2) is 66.9 Å². The second-order valence-electron chi connectivity index (χ2n) is 8.55. The highest BCUT2D eigenvalue weighted by Gasteiger charge is 2.43. The number of hydrogen-bond acceptors (Lipinski definition) is 6. The lowest BCUT2D eigenvalue weighted by Gasteiger charge is -2.46.